The number of halogens is 1. The second-order valence-corrected chi connectivity index (χ2v) is 9.24. The normalized spacial score (nSPS) is 10.8. The zero-order valence-electron chi connectivity index (χ0n) is 20.0. The van der Waals surface area contributed by atoms with Gasteiger partial charge in [-0.3, -0.25) is 0 Å². The van der Waals surface area contributed by atoms with Crippen molar-refractivity contribution in [2.75, 3.05) is 20.0 Å². The number of alkyl halides is 1. The van der Waals surface area contributed by atoms with Crippen LogP contribution in [0.15, 0.2) is 30.3 Å². The average Bonchev–Trinajstić information content (AvgIpc) is 2.72. The SMILES string of the molecule is CCCCCCCCCCCCCCCCCCCl.C[NH+](C)Cc1ccccc1. The van der Waals surface area contributed by atoms with Crippen LogP contribution in [0.4, 0.5) is 0 Å². The second-order valence-electron chi connectivity index (χ2n) is 8.86. The van der Waals surface area contributed by atoms with Crippen molar-refractivity contribution in [2.24, 2.45) is 0 Å². The van der Waals surface area contributed by atoms with E-state index in [2.05, 4.69) is 51.4 Å². The van der Waals surface area contributed by atoms with Crippen molar-refractivity contribution >= 4 is 11.6 Å². The molecule has 1 nitrogen and oxygen atoms in total. The van der Waals surface area contributed by atoms with Gasteiger partial charge in [0.1, 0.15) is 6.54 Å². The summed E-state index contributed by atoms with van der Waals surface area (Å²) in [7, 11) is 4.32. The molecule has 0 aliphatic carbocycles. The lowest BCUT2D eigenvalue weighted by Crippen LogP contribution is -3.04. The fourth-order valence-electron chi connectivity index (χ4n) is 3.65. The average molecular weight is 425 g/mol. The predicted octanol–water partition coefficient (Wildman–Crippen LogP) is 7.82. The highest BCUT2D eigenvalue weighted by atomic mass is 35.5. The summed E-state index contributed by atoms with van der Waals surface area (Å²) >= 11 is 5.66. The Hall–Kier alpha value is -0.530. The summed E-state index contributed by atoms with van der Waals surface area (Å²) in [4.78, 5) is 1.46. The number of quaternary nitrogens is 1. The number of hydrogen-bond donors (Lipinski definition) is 1. The van der Waals surface area contributed by atoms with Gasteiger partial charge < -0.3 is 4.90 Å². The minimum Gasteiger partial charge on any atom is -0.336 e. The van der Waals surface area contributed by atoms with Crippen LogP contribution in [-0.4, -0.2) is 20.0 Å². The molecule has 0 radical (unpaired) electrons. The summed E-state index contributed by atoms with van der Waals surface area (Å²) in [5.41, 5.74) is 1.41. The maximum atomic E-state index is 5.66. The summed E-state index contributed by atoms with van der Waals surface area (Å²) in [6.45, 7) is 3.40. The first-order valence-electron chi connectivity index (χ1n) is 12.6. The molecule has 0 atom stereocenters. The Balaban J connectivity index is 0.000000651. The molecular formula is C27H51ClN+. The molecule has 1 rings (SSSR count). The summed E-state index contributed by atoms with van der Waals surface area (Å²) < 4.78 is 0. The lowest BCUT2D eigenvalue weighted by atomic mass is 10.0. The van der Waals surface area contributed by atoms with Gasteiger partial charge >= 0.3 is 0 Å². The Labute approximate surface area is 188 Å². The lowest BCUT2D eigenvalue weighted by Gasteiger charge is -2.05. The van der Waals surface area contributed by atoms with Crippen LogP contribution in [0.2, 0.25) is 0 Å². The molecule has 0 unspecified atom stereocenters. The first-order chi connectivity index (χ1) is 14.2. The predicted molar refractivity (Wildman–Crippen MR) is 133 cm³/mol. The quantitative estimate of drug-likeness (QED) is 0.181. The van der Waals surface area contributed by atoms with Gasteiger partial charge in [-0.2, -0.15) is 0 Å². The molecule has 0 aromatic heterocycles. The molecule has 0 spiro atoms. The summed E-state index contributed by atoms with van der Waals surface area (Å²) in [6.07, 6.45) is 22.8. The molecule has 2 heteroatoms. The molecular weight excluding hydrogens is 374 g/mol. The third kappa shape index (κ3) is 23.6. The van der Waals surface area contributed by atoms with E-state index < -0.39 is 0 Å². The second kappa shape index (κ2) is 23.7. The van der Waals surface area contributed by atoms with Crippen molar-refractivity contribution in [3.63, 3.8) is 0 Å². The first-order valence-corrected chi connectivity index (χ1v) is 13.1. The van der Waals surface area contributed by atoms with Crippen LogP contribution in [-0.2, 0) is 6.54 Å². The molecule has 0 aliphatic heterocycles. The fourth-order valence-corrected chi connectivity index (χ4v) is 3.84. The zero-order valence-corrected chi connectivity index (χ0v) is 20.7. The number of benzene rings is 1. The topological polar surface area (TPSA) is 4.44 Å². The molecule has 29 heavy (non-hydrogen) atoms. The minimum atomic E-state index is 0.846. The maximum Gasteiger partial charge on any atom is 0.102 e. The molecule has 1 N–H and O–H groups in total. The highest BCUT2D eigenvalue weighted by molar-refractivity contribution is 6.17. The molecule has 1 aromatic carbocycles. The highest BCUT2D eigenvalue weighted by Gasteiger charge is 1.95. The van der Waals surface area contributed by atoms with Crippen LogP contribution in [0.5, 0.6) is 0 Å². The van der Waals surface area contributed by atoms with E-state index >= 15 is 0 Å². The Morgan fingerprint density at radius 2 is 0.966 bits per heavy atom. The largest absolute Gasteiger partial charge is 0.336 e. The van der Waals surface area contributed by atoms with Gasteiger partial charge in [0, 0.05) is 11.4 Å². The van der Waals surface area contributed by atoms with E-state index in [9.17, 15) is 0 Å². The van der Waals surface area contributed by atoms with Gasteiger partial charge in [0.05, 0.1) is 14.1 Å². The molecule has 0 aliphatic rings. The van der Waals surface area contributed by atoms with Crippen molar-refractivity contribution in [1.82, 2.24) is 0 Å². The van der Waals surface area contributed by atoms with E-state index in [-0.39, 0.29) is 0 Å². The smallest absolute Gasteiger partial charge is 0.102 e. The summed E-state index contributed by atoms with van der Waals surface area (Å²) in [6, 6.07) is 10.5. The molecule has 0 heterocycles. The van der Waals surface area contributed by atoms with Gasteiger partial charge in [0.2, 0.25) is 0 Å². The van der Waals surface area contributed by atoms with Gasteiger partial charge in [0.15, 0.2) is 0 Å². The van der Waals surface area contributed by atoms with Crippen LogP contribution >= 0.6 is 11.6 Å². The van der Waals surface area contributed by atoms with E-state index in [1.807, 2.05) is 0 Å². The number of rotatable bonds is 18. The molecule has 170 valence electrons. The highest BCUT2D eigenvalue weighted by Crippen LogP contribution is 2.13. The van der Waals surface area contributed by atoms with Crippen LogP contribution in [0.1, 0.15) is 115 Å². The molecule has 0 amide bonds. The number of hydrogen-bond acceptors (Lipinski definition) is 0. The molecule has 1 aromatic rings. The van der Waals surface area contributed by atoms with Crippen LogP contribution in [0.3, 0.4) is 0 Å². The standard InChI is InChI=1S/C18H37Cl.C9H13N/c1-2-3-4-5-6-7-8-9-10-11-12-13-14-15-16-17-18-19;1-10(2)8-9-6-4-3-5-7-9/h2-18H2,1H3;3-7H,8H2,1-2H3/p+1. The number of unbranched alkanes of at least 4 members (excludes halogenated alkanes) is 15. The van der Waals surface area contributed by atoms with E-state index in [1.54, 1.807) is 0 Å². The zero-order chi connectivity index (χ0) is 21.4. The van der Waals surface area contributed by atoms with E-state index in [4.69, 9.17) is 11.6 Å². The van der Waals surface area contributed by atoms with Crippen molar-refractivity contribution in [3.8, 4) is 0 Å². The van der Waals surface area contributed by atoms with Gasteiger partial charge in [-0.25, -0.2) is 0 Å². The third-order valence-corrected chi connectivity index (χ3v) is 5.65. The van der Waals surface area contributed by atoms with E-state index in [0.29, 0.717) is 0 Å². The Morgan fingerprint density at radius 1 is 0.586 bits per heavy atom. The van der Waals surface area contributed by atoms with Gasteiger partial charge in [-0.05, 0) is 6.42 Å². The third-order valence-electron chi connectivity index (χ3n) is 5.39. The lowest BCUT2D eigenvalue weighted by molar-refractivity contribution is -0.872. The van der Waals surface area contributed by atoms with E-state index in [0.717, 1.165) is 12.4 Å². The van der Waals surface area contributed by atoms with Gasteiger partial charge in [-0.15, -0.1) is 11.6 Å². The van der Waals surface area contributed by atoms with Crippen molar-refractivity contribution in [3.05, 3.63) is 35.9 Å². The van der Waals surface area contributed by atoms with E-state index in [1.165, 1.54) is 113 Å². The van der Waals surface area contributed by atoms with Crippen LogP contribution < -0.4 is 4.90 Å². The molecule has 0 bridgehead atoms. The van der Waals surface area contributed by atoms with Crippen LogP contribution in [0.25, 0.3) is 0 Å². The van der Waals surface area contributed by atoms with Crippen molar-refractivity contribution < 1.29 is 4.90 Å². The Bertz CT molecular complexity index is 388. The molecule has 0 saturated carbocycles. The Kier molecular flexibility index (Phi) is 23.3. The minimum absolute atomic E-state index is 0.846. The van der Waals surface area contributed by atoms with Gasteiger partial charge in [0.25, 0.3) is 0 Å². The number of nitrogens with one attached hydrogen (secondary N) is 1. The summed E-state index contributed by atoms with van der Waals surface area (Å²) in [5, 5.41) is 0. The fraction of sp³-hybridized carbons (Fsp3) is 0.778. The van der Waals surface area contributed by atoms with Crippen LogP contribution in [0, 0.1) is 0 Å². The molecule has 0 saturated heterocycles. The first kappa shape index (κ1) is 28.5. The maximum absolute atomic E-state index is 5.66. The summed E-state index contributed by atoms with van der Waals surface area (Å²) in [5.74, 6) is 0.846. The van der Waals surface area contributed by atoms with Gasteiger partial charge in [-0.1, -0.05) is 134 Å². The molecule has 0 fully saturated rings. The van der Waals surface area contributed by atoms with Crippen molar-refractivity contribution in [1.29, 1.82) is 0 Å². The monoisotopic (exact) mass is 424 g/mol. The van der Waals surface area contributed by atoms with Crippen molar-refractivity contribution in [2.45, 2.75) is 116 Å². The Morgan fingerprint density at radius 3 is 1.31 bits per heavy atom.